The van der Waals surface area contributed by atoms with Gasteiger partial charge in [-0.1, -0.05) is 39.0 Å². The fraction of sp³-hybridized carbons (Fsp3) is 0.500. The van der Waals surface area contributed by atoms with Crippen LogP contribution in [0.3, 0.4) is 0 Å². The number of hydrogen-bond donors (Lipinski definition) is 1. The molecule has 2 aromatic rings. The van der Waals surface area contributed by atoms with Crippen molar-refractivity contribution in [3.8, 4) is 0 Å². The number of fused-ring (bicyclic) bond motifs is 1. The van der Waals surface area contributed by atoms with Gasteiger partial charge in [0.25, 0.3) is 10.0 Å². The maximum absolute atomic E-state index is 12.5. The van der Waals surface area contributed by atoms with Crippen LogP contribution in [0.2, 0.25) is 0 Å². The lowest BCUT2D eigenvalue weighted by Crippen LogP contribution is -2.31. The number of aryl methyl sites for hydroxylation is 1. The van der Waals surface area contributed by atoms with Crippen molar-refractivity contribution in [2.75, 3.05) is 4.83 Å². The molecule has 1 aromatic heterocycles. The van der Waals surface area contributed by atoms with Gasteiger partial charge in [-0.05, 0) is 47.9 Å². The van der Waals surface area contributed by atoms with Crippen molar-refractivity contribution < 1.29 is 8.42 Å². The van der Waals surface area contributed by atoms with Crippen LogP contribution in [-0.4, -0.2) is 23.5 Å². The lowest BCUT2D eigenvalue weighted by molar-refractivity contribution is 0.212. The van der Waals surface area contributed by atoms with Gasteiger partial charge in [0.2, 0.25) is 0 Å². The first-order chi connectivity index (χ1) is 10.8. The molecule has 0 saturated heterocycles. The van der Waals surface area contributed by atoms with Crippen molar-refractivity contribution in [1.29, 1.82) is 0 Å². The molecule has 1 atom stereocenters. The average Bonchev–Trinajstić information content (AvgIpc) is 2.89. The molecule has 6 nitrogen and oxygen atoms in total. The van der Waals surface area contributed by atoms with Crippen LogP contribution in [0.15, 0.2) is 35.2 Å². The number of hydrogen-bond acceptors (Lipinski definition) is 4. The van der Waals surface area contributed by atoms with Gasteiger partial charge in [-0.25, -0.2) is 0 Å². The summed E-state index contributed by atoms with van der Waals surface area (Å²) in [6, 6.07) is 8.29. The van der Waals surface area contributed by atoms with E-state index >= 15 is 0 Å². The Bertz CT molecular complexity index is 791. The van der Waals surface area contributed by atoms with Crippen LogP contribution in [0.4, 0.5) is 0 Å². The number of benzene rings is 1. The zero-order valence-electron chi connectivity index (χ0n) is 13.7. The van der Waals surface area contributed by atoms with Crippen LogP contribution >= 0.6 is 0 Å². The van der Waals surface area contributed by atoms with E-state index in [9.17, 15) is 8.42 Å². The molecule has 0 aliphatic heterocycles. The standard InChI is InChI=1S/C16H22N4O2S/c1-16(2,3)12-9-10-14-15(11-12)20(18-17-14)19-23(21,22)13-7-5-4-6-8-13/h4-8,12,19H,9-11H2,1-3H3. The monoisotopic (exact) mass is 334 g/mol. The largest absolute Gasteiger partial charge is 0.276 e. The van der Waals surface area contributed by atoms with E-state index in [2.05, 4.69) is 35.9 Å². The van der Waals surface area contributed by atoms with Gasteiger partial charge < -0.3 is 0 Å². The maximum Gasteiger partial charge on any atom is 0.276 e. The van der Waals surface area contributed by atoms with Crippen molar-refractivity contribution >= 4 is 10.0 Å². The Hall–Kier alpha value is -1.89. The minimum absolute atomic E-state index is 0.172. The van der Waals surface area contributed by atoms with Gasteiger partial charge in [-0.3, -0.25) is 0 Å². The molecule has 0 bridgehead atoms. The first kappa shape index (κ1) is 16.0. The Morgan fingerprint density at radius 2 is 1.91 bits per heavy atom. The summed E-state index contributed by atoms with van der Waals surface area (Å²) in [5.41, 5.74) is 1.93. The summed E-state index contributed by atoms with van der Waals surface area (Å²) in [6.07, 6.45) is 2.67. The normalized spacial score (nSPS) is 18.5. The van der Waals surface area contributed by atoms with E-state index < -0.39 is 10.0 Å². The predicted octanol–water partition coefficient (Wildman–Crippen LogP) is 2.36. The summed E-state index contributed by atoms with van der Waals surface area (Å²) in [4.78, 5) is 4.07. The molecule has 0 spiro atoms. The minimum atomic E-state index is -3.66. The molecule has 0 radical (unpaired) electrons. The van der Waals surface area contributed by atoms with Crippen molar-refractivity contribution in [1.82, 2.24) is 15.1 Å². The number of nitrogens with one attached hydrogen (secondary N) is 1. The Balaban J connectivity index is 1.88. The lowest BCUT2D eigenvalue weighted by Gasteiger charge is -2.33. The van der Waals surface area contributed by atoms with Gasteiger partial charge in [0, 0.05) is 0 Å². The molecule has 1 N–H and O–H groups in total. The molecule has 3 rings (SSSR count). The third kappa shape index (κ3) is 3.24. The molecule has 7 heteroatoms. The second-order valence-electron chi connectivity index (χ2n) is 7.11. The lowest BCUT2D eigenvalue weighted by atomic mass is 9.73. The third-order valence-electron chi connectivity index (χ3n) is 4.50. The summed E-state index contributed by atoms with van der Waals surface area (Å²) in [5, 5.41) is 8.14. The van der Waals surface area contributed by atoms with Crippen molar-refractivity contribution in [2.24, 2.45) is 11.3 Å². The Kier molecular flexibility index (Phi) is 3.91. The van der Waals surface area contributed by atoms with E-state index in [1.54, 1.807) is 30.3 Å². The molecule has 124 valence electrons. The molecule has 0 fully saturated rings. The fourth-order valence-electron chi connectivity index (χ4n) is 2.96. The first-order valence-corrected chi connectivity index (χ1v) is 9.27. The molecular weight excluding hydrogens is 312 g/mol. The number of rotatable bonds is 3. The Morgan fingerprint density at radius 1 is 1.22 bits per heavy atom. The molecule has 1 aromatic carbocycles. The Morgan fingerprint density at radius 3 is 2.57 bits per heavy atom. The Labute approximate surface area is 136 Å². The minimum Gasteiger partial charge on any atom is -0.200 e. The van der Waals surface area contributed by atoms with Gasteiger partial charge in [-0.2, -0.15) is 13.2 Å². The molecular formula is C16H22N4O2S. The zero-order valence-corrected chi connectivity index (χ0v) is 14.5. The smallest absolute Gasteiger partial charge is 0.200 e. The molecule has 1 unspecified atom stereocenters. The number of sulfonamides is 1. The van der Waals surface area contributed by atoms with E-state index in [4.69, 9.17) is 0 Å². The third-order valence-corrected chi connectivity index (χ3v) is 5.80. The number of aromatic nitrogens is 3. The second kappa shape index (κ2) is 5.63. The van der Waals surface area contributed by atoms with Crippen LogP contribution in [-0.2, 0) is 22.9 Å². The van der Waals surface area contributed by atoms with Crippen LogP contribution in [0.5, 0.6) is 0 Å². The van der Waals surface area contributed by atoms with Gasteiger partial charge >= 0.3 is 0 Å². The van der Waals surface area contributed by atoms with Gasteiger partial charge in [-0.15, -0.1) is 9.89 Å². The van der Waals surface area contributed by atoms with E-state index in [1.807, 2.05) is 0 Å². The van der Waals surface area contributed by atoms with Crippen molar-refractivity contribution in [2.45, 2.75) is 44.9 Å². The zero-order chi connectivity index (χ0) is 16.7. The molecule has 23 heavy (non-hydrogen) atoms. The predicted molar refractivity (Wildman–Crippen MR) is 88.0 cm³/mol. The molecule has 1 heterocycles. The molecule has 0 saturated carbocycles. The van der Waals surface area contributed by atoms with Crippen LogP contribution in [0.1, 0.15) is 38.6 Å². The summed E-state index contributed by atoms with van der Waals surface area (Å²) in [5.74, 6) is 0.480. The molecule has 0 amide bonds. The average molecular weight is 334 g/mol. The van der Waals surface area contributed by atoms with E-state index in [-0.39, 0.29) is 10.3 Å². The first-order valence-electron chi connectivity index (χ1n) is 7.79. The summed E-state index contributed by atoms with van der Waals surface area (Å²) >= 11 is 0. The maximum atomic E-state index is 12.5. The molecule has 1 aliphatic carbocycles. The highest BCUT2D eigenvalue weighted by molar-refractivity contribution is 7.92. The summed E-state index contributed by atoms with van der Waals surface area (Å²) in [7, 11) is -3.66. The van der Waals surface area contributed by atoms with Crippen LogP contribution in [0, 0.1) is 11.3 Å². The molecule has 1 aliphatic rings. The second-order valence-corrected chi connectivity index (χ2v) is 8.77. The van der Waals surface area contributed by atoms with E-state index in [0.29, 0.717) is 5.92 Å². The van der Waals surface area contributed by atoms with Gasteiger partial charge in [0.1, 0.15) is 0 Å². The van der Waals surface area contributed by atoms with Crippen molar-refractivity contribution in [3.63, 3.8) is 0 Å². The summed E-state index contributed by atoms with van der Waals surface area (Å²) < 4.78 is 24.9. The highest BCUT2D eigenvalue weighted by Gasteiger charge is 2.32. The van der Waals surface area contributed by atoms with Gasteiger partial charge in [0.05, 0.1) is 16.3 Å². The van der Waals surface area contributed by atoms with Crippen molar-refractivity contribution in [3.05, 3.63) is 41.7 Å². The fourth-order valence-corrected chi connectivity index (χ4v) is 3.95. The summed E-state index contributed by atoms with van der Waals surface area (Å²) in [6.45, 7) is 6.64. The van der Waals surface area contributed by atoms with E-state index in [1.165, 1.54) is 4.79 Å². The van der Waals surface area contributed by atoms with E-state index in [0.717, 1.165) is 30.7 Å². The quantitative estimate of drug-likeness (QED) is 0.935. The SMILES string of the molecule is CC(C)(C)C1CCc2nnn(NS(=O)(=O)c3ccccc3)c2C1. The van der Waals surface area contributed by atoms with Gasteiger partial charge in [0.15, 0.2) is 0 Å². The van der Waals surface area contributed by atoms with Crippen LogP contribution < -0.4 is 4.83 Å². The number of nitrogens with zero attached hydrogens (tertiary/aromatic N) is 3. The highest BCUT2D eigenvalue weighted by Crippen LogP contribution is 2.36. The highest BCUT2D eigenvalue weighted by atomic mass is 32.2. The topological polar surface area (TPSA) is 76.9 Å². The van der Waals surface area contributed by atoms with Crippen LogP contribution in [0.25, 0.3) is 0 Å².